The largest absolute Gasteiger partial charge is 0.356 e. The molecule has 0 fully saturated rings. The third kappa shape index (κ3) is 4.36. The van der Waals surface area contributed by atoms with E-state index in [0.29, 0.717) is 24.9 Å². The zero-order valence-corrected chi connectivity index (χ0v) is 14.6. The quantitative estimate of drug-likeness (QED) is 0.713. The van der Waals surface area contributed by atoms with E-state index in [9.17, 15) is 14.0 Å². The highest BCUT2D eigenvalue weighted by Crippen LogP contribution is 2.19. The lowest BCUT2D eigenvalue weighted by atomic mass is 9.97. The van der Waals surface area contributed by atoms with Crippen molar-refractivity contribution in [2.75, 3.05) is 6.54 Å². The lowest BCUT2D eigenvalue weighted by molar-refractivity contribution is -0.121. The molecule has 2 aromatic carbocycles. The van der Waals surface area contributed by atoms with E-state index in [2.05, 4.69) is 10.3 Å². The summed E-state index contributed by atoms with van der Waals surface area (Å²) < 4.78 is 13.0. The molecule has 1 amide bonds. The van der Waals surface area contributed by atoms with Crippen LogP contribution in [0.25, 0.3) is 10.9 Å². The number of para-hydroxylation sites is 1. The number of nitrogens with one attached hydrogen (secondary N) is 2. The van der Waals surface area contributed by atoms with Crippen LogP contribution in [0.15, 0.2) is 59.4 Å². The number of halogens is 1. The van der Waals surface area contributed by atoms with Crippen molar-refractivity contribution >= 4 is 16.8 Å². The van der Waals surface area contributed by atoms with Crippen molar-refractivity contribution in [1.29, 1.82) is 0 Å². The highest BCUT2D eigenvalue weighted by molar-refractivity contribution is 5.79. The molecule has 1 unspecified atom stereocenters. The lowest BCUT2D eigenvalue weighted by Gasteiger charge is -2.12. The molecule has 0 saturated heterocycles. The van der Waals surface area contributed by atoms with Crippen molar-refractivity contribution < 1.29 is 9.18 Å². The fourth-order valence-corrected chi connectivity index (χ4v) is 2.97. The molecule has 3 aromatic rings. The number of aromatic amines is 1. The Hall–Kier alpha value is -2.95. The van der Waals surface area contributed by atoms with Gasteiger partial charge in [-0.25, -0.2) is 4.39 Å². The summed E-state index contributed by atoms with van der Waals surface area (Å²) in [4.78, 5) is 27.1. The van der Waals surface area contributed by atoms with Gasteiger partial charge < -0.3 is 10.3 Å². The summed E-state index contributed by atoms with van der Waals surface area (Å²) in [5.41, 5.74) is 2.25. The molecule has 1 aromatic heterocycles. The summed E-state index contributed by atoms with van der Waals surface area (Å²) in [5, 5.41) is 3.82. The maximum absolute atomic E-state index is 13.0. The molecule has 5 heteroatoms. The van der Waals surface area contributed by atoms with E-state index in [1.807, 2.05) is 37.3 Å². The zero-order valence-electron chi connectivity index (χ0n) is 14.6. The van der Waals surface area contributed by atoms with Crippen LogP contribution in [0, 0.1) is 5.82 Å². The molecular formula is C21H21FN2O2. The summed E-state index contributed by atoms with van der Waals surface area (Å²) >= 11 is 0. The van der Waals surface area contributed by atoms with Crippen LogP contribution < -0.4 is 10.9 Å². The third-order valence-electron chi connectivity index (χ3n) is 4.48. The number of aromatic nitrogens is 1. The molecule has 1 atom stereocenters. The predicted molar refractivity (Wildman–Crippen MR) is 101 cm³/mol. The van der Waals surface area contributed by atoms with Gasteiger partial charge in [0.25, 0.3) is 5.56 Å². The summed E-state index contributed by atoms with van der Waals surface area (Å²) in [6, 6.07) is 15.6. The lowest BCUT2D eigenvalue weighted by Crippen LogP contribution is -2.28. The molecule has 0 aliphatic rings. The second kappa shape index (κ2) is 7.95. The molecule has 26 heavy (non-hydrogen) atoms. The van der Waals surface area contributed by atoms with Crippen LogP contribution in [0.3, 0.4) is 0 Å². The first-order valence-corrected chi connectivity index (χ1v) is 8.66. The zero-order chi connectivity index (χ0) is 18.5. The van der Waals surface area contributed by atoms with Crippen LogP contribution in [0.1, 0.15) is 30.4 Å². The molecule has 1 heterocycles. The van der Waals surface area contributed by atoms with E-state index >= 15 is 0 Å². The molecule has 0 aliphatic heterocycles. The van der Waals surface area contributed by atoms with Crippen LogP contribution in [-0.2, 0) is 11.2 Å². The minimum absolute atomic E-state index is 0.000304. The van der Waals surface area contributed by atoms with Gasteiger partial charge in [-0.2, -0.15) is 0 Å². The standard InChI is InChI=1S/C21H21FN2O2/c1-14(15-6-8-18(22)9-7-15)12-20(25)23-11-10-17-13-16-4-2-3-5-19(16)24-21(17)26/h2-9,13-14H,10-12H2,1H3,(H,23,25)(H,24,26). The highest BCUT2D eigenvalue weighted by atomic mass is 19.1. The summed E-state index contributed by atoms with van der Waals surface area (Å²) in [7, 11) is 0. The first-order chi connectivity index (χ1) is 12.5. The first kappa shape index (κ1) is 17.9. The summed E-state index contributed by atoms with van der Waals surface area (Å²) in [6.07, 6.45) is 0.788. The van der Waals surface area contributed by atoms with E-state index in [0.717, 1.165) is 16.5 Å². The molecule has 2 N–H and O–H groups in total. The van der Waals surface area contributed by atoms with Crippen LogP contribution in [-0.4, -0.2) is 17.4 Å². The Morgan fingerprint density at radius 1 is 1.15 bits per heavy atom. The van der Waals surface area contributed by atoms with Gasteiger partial charge in [0.05, 0.1) is 0 Å². The number of H-pyrrole nitrogens is 1. The molecule has 134 valence electrons. The molecule has 0 saturated carbocycles. The van der Waals surface area contributed by atoms with Gasteiger partial charge >= 0.3 is 0 Å². The van der Waals surface area contributed by atoms with Gasteiger partial charge in [0.2, 0.25) is 5.91 Å². The molecule has 0 aliphatic carbocycles. The summed E-state index contributed by atoms with van der Waals surface area (Å²) in [5.74, 6) is -0.371. The van der Waals surface area contributed by atoms with Gasteiger partial charge in [-0.05, 0) is 47.6 Å². The van der Waals surface area contributed by atoms with Crippen LogP contribution in [0.2, 0.25) is 0 Å². The SMILES string of the molecule is CC(CC(=O)NCCc1cc2ccccc2[nH]c1=O)c1ccc(F)cc1. The van der Waals surface area contributed by atoms with Gasteiger partial charge in [-0.15, -0.1) is 0 Å². The number of fused-ring (bicyclic) bond motifs is 1. The van der Waals surface area contributed by atoms with Crippen molar-refractivity contribution in [1.82, 2.24) is 10.3 Å². The smallest absolute Gasteiger partial charge is 0.251 e. The van der Waals surface area contributed by atoms with Crippen molar-refractivity contribution in [3.05, 3.63) is 81.9 Å². The average molecular weight is 352 g/mol. The monoisotopic (exact) mass is 352 g/mol. The topological polar surface area (TPSA) is 62.0 Å². The van der Waals surface area contributed by atoms with Gasteiger partial charge in [0, 0.05) is 24.0 Å². The van der Waals surface area contributed by atoms with Crippen molar-refractivity contribution in [3.63, 3.8) is 0 Å². The fraction of sp³-hybridized carbons (Fsp3) is 0.238. The molecular weight excluding hydrogens is 331 g/mol. The number of rotatable bonds is 6. The molecule has 0 spiro atoms. The molecule has 4 nitrogen and oxygen atoms in total. The first-order valence-electron chi connectivity index (χ1n) is 8.66. The van der Waals surface area contributed by atoms with Crippen LogP contribution >= 0.6 is 0 Å². The fourth-order valence-electron chi connectivity index (χ4n) is 2.97. The minimum atomic E-state index is -0.286. The van der Waals surface area contributed by atoms with E-state index in [1.165, 1.54) is 12.1 Å². The van der Waals surface area contributed by atoms with Gasteiger partial charge in [0.1, 0.15) is 5.82 Å². The number of pyridine rings is 1. The van der Waals surface area contributed by atoms with Crippen molar-refractivity contribution in [3.8, 4) is 0 Å². The number of hydrogen-bond acceptors (Lipinski definition) is 2. The third-order valence-corrected chi connectivity index (χ3v) is 4.48. The second-order valence-corrected chi connectivity index (χ2v) is 6.47. The van der Waals surface area contributed by atoms with E-state index in [1.54, 1.807) is 12.1 Å². The maximum Gasteiger partial charge on any atom is 0.251 e. The number of carbonyl (C=O) groups is 1. The molecule has 3 rings (SSSR count). The Balaban J connectivity index is 1.54. The van der Waals surface area contributed by atoms with Crippen molar-refractivity contribution in [2.24, 2.45) is 0 Å². The Bertz CT molecular complexity index is 964. The molecule has 0 bridgehead atoms. The predicted octanol–water partition coefficient (Wildman–Crippen LogP) is 3.52. The van der Waals surface area contributed by atoms with E-state index in [4.69, 9.17) is 0 Å². The average Bonchev–Trinajstić information content (AvgIpc) is 2.62. The van der Waals surface area contributed by atoms with E-state index in [-0.39, 0.29) is 23.2 Å². The Kier molecular flexibility index (Phi) is 5.46. The highest BCUT2D eigenvalue weighted by Gasteiger charge is 2.11. The van der Waals surface area contributed by atoms with Crippen LogP contribution in [0.5, 0.6) is 0 Å². The number of benzene rings is 2. The Morgan fingerprint density at radius 3 is 2.65 bits per heavy atom. The Morgan fingerprint density at radius 2 is 1.88 bits per heavy atom. The molecule has 0 radical (unpaired) electrons. The van der Waals surface area contributed by atoms with Gasteiger partial charge in [-0.3, -0.25) is 9.59 Å². The number of hydrogen-bond donors (Lipinski definition) is 2. The van der Waals surface area contributed by atoms with Crippen molar-refractivity contribution in [2.45, 2.75) is 25.7 Å². The Labute approximate surface area is 151 Å². The number of amides is 1. The summed E-state index contributed by atoms with van der Waals surface area (Å²) in [6.45, 7) is 2.33. The maximum atomic E-state index is 13.0. The van der Waals surface area contributed by atoms with Gasteiger partial charge in [-0.1, -0.05) is 37.3 Å². The minimum Gasteiger partial charge on any atom is -0.356 e. The van der Waals surface area contributed by atoms with Gasteiger partial charge in [0.15, 0.2) is 0 Å². The second-order valence-electron chi connectivity index (χ2n) is 6.47. The number of carbonyl (C=O) groups excluding carboxylic acids is 1. The van der Waals surface area contributed by atoms with E-state index < -0.39 is 0 Å². The normalized spacial score (nSPS) is 12.1. The van der Waals surface area contributed by atoms with Crippen LogP contribution in [0.4, 0.5) is 4.39 Å².